The molecule has 0 saturated heterocycles. The molecule has 1 aliphatic rings. The molecule has 1 amide bonds. The van der Waals surface area contributed by atoms with Crippen molar-refractivity contribution in [2.75, 3.05) is 13.6 Å². The number of hydrogen-bond acceptors (Lipinski definition) is 4. The fourth-order valence-corrected chi connectivity index (χ4v) is 3.75. The molecule has 0 spiro atoms. The van der Waals surface area contributed by atoms with Crippen molar-refractivity contribution in [3.63, 3.8) is 0 Å². The summed E-state index contributed by atoms with van der Waals surface area (Å²) >= 11 is 0. The highest BCUT2D eigenvalue weighted by Crippen LogP contribution is 2.28. The van der Waals surface area contributed by atoms with Crippen molar-refractivity contribution in [3.8, 4) is 11.4 Å². The molecule has 0 fully saturated rings. The summed E-state index contributed by atoms with van der Waals surface area (Å²) in [7, 11) is 1.92. The zero-order valence-electron chi connectivity index (χ0n) is 18.5. The van der Waals surface area contributed by atoms with Gasteiger partial charge in [-0.3, -0.25) is 14.5 Å². The number of benzene rings is 1. The molecule has 1 aliphatic heterocycles. The molecule has 0 aliphatic carbocycles. The van der Waals surface area contributed by atoms with Crippen molar-refractivity contribution in [2.45, 2.75) is 46.8 Å². The molecule has 0 bridgehead atoms. The van der Waals surface area contributed by atoms with Gasteiger partial charge in [-0.05, 0) is 37.6 Å². The Hall–Kier alpha value is -2.87. The van der Waals surface area contributed by atoms with E-state index in [1.807, 2.05) is 37.3 Å². The van der Waals surface area contributed by atoms with E-state index in [0.717, 1.165) is 6.07 Å². The van der Waals surface area contributed by atoms with Gasteiger partial charge in [0.1, 0.15) is 17.5 Å². The lowest BCUT2D eigenvalue weighted by Gasteiger charge is -2.30. The minimum atomic E-state index is -0.745. The van der Waals surface area contributed by atoms with E-state index in [4.69, 9.17) is 0 Å². The number of ketones is 1. The highest BCUT2D eigenvalue weighted by molar-refractivity contribution is 6.01. The molecule has 2 aromatic rings. The predicted octanol–water partition coefficient (Wildman–Crippen LogP) is 3.56. The molecule has 0 radical (unpaired) electrons. The van der Waals surface area contributed by atoms with E-state index in [1.165, 1.54) is 18.2 Å². The smallest absolute Gasteiger partial charge is 0.272 e. The number of rotatable bonds is 5. The highest BCUT2D eigenvalue weighted by Gasteiger charge is 2.34. The summed E-state index contributed by atoms with van der Waals surface area (Å²) in [5, 5.41) is 2.83. The van der Waals surface area contributed by atoms with Crippen LogP contribution in [-0.2, 0) is 17.9 Å². The van der Waals surface area contributed by atoms with Gasteiger partial charge in [0.15, 0.2) is 11.5 Å². The van der Waals surface area contributed by atoms with E-state index in [0.29, 0.717) is 31.2 Å². The molecule has 31 heavy (non-hydrogen) atoms. The lowest BCUT2D eigenvalue weighted by molar-refractivity contribution is -0.118. The van der Waals surface area contributed by atoms with Crippen LogP contribution in [0.4, 0.5) is 8.78 Å². The molecule has 0 saturated carbocycles. The molecular weight excluding hydrogens is 402 g/mol. The summed E-state index contributed by atoms with van der Waals surface area (Å²) in [6, 6.07) is 2.45. The summed E-state index contributed by atoms with van der Waals surface area (Å²) in [6.45, 7) is 9.05. The van der Waals surface area contributed by atoms with E-state index in [1.54, 1.807) is 13.0 Å². The Morgan fingerprint density at radius 1 is 1.16 bits per heavy atom. The van der Waals surface area contributed by atoms with Crippen molar-refractivity contribution in [1.29, 1.82) is 0 Å². The van der Waals surface area contributed by atoms with Crippen molar-refractivity contribution >= 4 is 11.7 Å². The van der Waals surface area contributed by atoms with E-state index in [2.05, 4.69) is 10.3 Å². The average molecular weight is 430 g/mol. The van der Waals surface area contributed by atoms with E-state index < -0.39 is 29.0 Å². The first-order chi connectivity index (χ1) is 14.5. The first-order valence-electron chi connectivity index (χ1n) is 10.2. The SMILES string of the molecule is C/C=C/C(=O)[C@@H](NC(=O)c1nc(-c2cc(F)cc(F)c2)n2c1CN(C)CC2)C(C)(C)C. The van der Waals surface area contributed by atoms with Gasteiger partial charge in [0, 0.05) is 31.3 Å². The van der Waals surface area contributed by atoms with Crippen LogP contribution in [0.15, 0.2) is 30.4 Å². The van der Waals surface area contributed by atoms with Gasteiger partial charge in [-0.1, -0.05) is 26.8 Å². The molecule has 3 rings (SSSR count). The summed E-state index contributed by atoms with van der Waals surface area (Å²) in [6.07, 6.45) is 3.07. The van der Waals surface area contributed by atoms with Crippen LogP contribution in [0, 0.1) is 17.0 Å². The quantitative estimate of drug-likeness (QED) is 0.737. The number of allylic oxidation sites excluding steroid dienone is 1. The third-order valence-corrected chi connectivity index (χ3v) is 5.29. The van der Waals surface area contributed by atoms with Gasteiger partial charge in [0.25, 0.3) is 5.91 Å². The van der Waals surface area contributed by atoms with Crippen molar-refractivity contribution in [2.24, 2.45) is 5.41 Å². The van der Waals surface area contributed by atoms with Gasteiger partial charge < -0.3 is 9.88 Å². The number of hydrogen-bond donors (Lipinski definition) is 1. The van der Waals surface area contributed by atoms with Crippen LogP contribution in [0.25, 0.3) is 11.4 Å². The molecule has 2 heterocycles. The van der Waals surface area contributed by atoms with Gasteiger partial charge in [-0.15, -0.1) is 0 Å². The highest BCUT2D eigenvalue weighted by atomic mass is 19.1. The van der Waals surface area contributed by atoms with Gasteiger partial charge >= 0.3 is 0 Å². The largest absolute Gasteiger partial charge is 0.340 e. The molecule has 6 nitrogen and oxygen atoms in total. The van der Waals surface area contributed by atoms with Crippen LogP contribution < -0.4 is 5.32 Å². The Morgan fingerprint density at radius 2 is 1.81 bits per heavy atom. The molecule has 8 heteroatoms. The van der Waals surface area contributed by atoms with Gasteiger partial charge in [0.05, 0.1) is 11.7 Å². The molecule has 1 aromatic carbocycles. The van der Waals surface area contributed by atoms with Crippen LogP contribution in [0.2, 0.25) is 0 Å². The lowest BCUT2D eigenvalue weighted by atomic mass is 9.84. The van der Waals surface area contributed by atoms with Crippen LogP contribution in [0.5, 0.6) is 0 Å². The number of fused-ring (bicyclic) bond motifs is 1. The molecule has 1 aromatic heterocycles. The number of nitrogens with zero attached hydrogens (tertiary/aromatic N) is 3. The summed E-state index contributed by atoms with van der Waals surface area (Å²) in [5.74, 6) is -1.79. The van der Waals surface area contributed by atoms with Crippen LogP contribution in [0.3, 0.4) is 0 Å². The van der Waals surface area contributed by atoms with Gasteiger partial charge in [-0.2, -0.15) is 0 Å². The molecule has 1 atom stereocenters. The number of amides is 1. The molecule has 0 unspecified atom stereocenters. The Kier molecular flexibility index (Phi) is 6.40. The fraction of sp³-hybridized carbons (Fsp3) is 0.435. The second-order valence-corrected chi connectivity index (χ2v) is 8.95. The average Bonchev–Trinajstić information content (AvgIpc) is 3.03. The number of halogens is 2. The predicted molar refractivity (Wildman–Crippen MR) is 114 cm³/mol. The van der Waals surface area contributed by atoms with Gasteiger partial charge in [0.2, 0.25) is 0 Å². The van der Waals surface area contributed by atoms with E-state index in [-0.39, 0.29) is 17.0 Å². The minimum absolute atomic E-state index is 0.161. The molecule has 166 valence electrons. The van der Waals surface area contributed by atoms with Crippen molar-refractivity contribution < 1.29 is 18.4 Å². The van der Waals surface area contributed by atoms with Crippen LogP contribution in [0.1, 0.15) is 43.9 Å². The maximum Gasteiger partial charge on any atom is 0.272 e. The monoisotopic (exact) mass is 430 g/mol. The standard InChI is InChI=1S/C23H28F2N4O2/c1-6-7-18(30)20(23(2,3)4)27-22(31)19-17-13-28(5)8-9-29(17)21(26-19)14-10-15(24)12-16(25)11-14/h6-7,10-12,20H,8-9,13H2,1-5H3,(H,27,31)/b7-6+/t20-/m1/s1. The number of carbonyl (C=O) groups excluding carboxylic acids is 2. The lowest BCUT2D eigenvalue weighted by Crippen LogP contribution is -2.49. The molecular formula is C23H28F2N4O2. The van der Waals surface area contributed by atoms with Crippen molar-refractivity contribution in [1.82, 2.24) is 19.8 Å². The third kappa shape index (κ3) is 4.90. The number of imidazole rings is 1. The number of nitrogens with one attached hydrogen (secondary N) is 1. The van der Waals surface area contributed by atoms with Gasteiger partial charge in [-0.25, -0.2) is 13.8 Å². The summed E-state index contributed by atoms with van der Waals surface area (Å²) in [4.78, 5) is 32.3. The zero-order chi connectivity index (χ0) is 22.9. The number of aromatic nitrogens is 2. The second-order valence-electron chi connectivity index (χ2n) is 8.95. The zero-order valence-corrected chi connectivity index (χ0v) is 18.5. The first kappa shape index (κ1) is 22.8. The topological polar surface area (TPSA) is 67.2 Å². The maximum atomic E-state index is 13.8. The molecule has 1 N–H and O–H groups in total. The number of carbonyl (C=O) groups is 2. The minimum Gasteiger partial charge on any atom is -0.340 e. The van der Waals surface area contributed by atoms with E-state index in [9.17, 15) is 18.4 Å². The second kappa shape index (κ2) is 8.70. The normalized spacial score (nSPS) is 15.7. The van der Waals surface area contributed by atoms with E-state index >= 15 is 0 Å². The fourth-order valence-electron chi connectivity index (χ4n) is 3.75. The Bertz CT molecular complexity index is 1020. The summed E-state index contributed by atoms with van der Waals surface area (Å²) < 4.78 is 29.5. The Balaban J connectivity index is 2.05. The maximum absolute atomic E-state index is 13.8. The van der Waals surface area contributed by atoms with Crippen LogP contribution >= 0.6 is 0 Å². The summed E-state index contributed by atoms with van der Waals surface area (Å²) in [5.41, 5.74) is 0.558. The van der Waals surface area contributed by atoms with Crippen LogP contribution in [-0.4, -0.2) is 45.8 Å². The Labute approximate surface area is 181 Å². The first-order valence-corrected chi connectivity index (χ1v) is 10.2. The Morgan fingerprint density at radius 3 is 2.39 bits per heavy atom. The number of likely N-dealkylation sites (N-methyl/N-ethyl adjacent to an activating group) is 1. The van der Waals surface area contributed by atoms with Crippen molar-refractivity contribution in [3.05, 3.63) is 53.4 Å². The third-order valence-electron chi connectivity index (χ3n) is 5.29.